The molecule has 0 bridgehead atoms. The zero-order valence-electron chi connectivity index (χ0n) is 31.8. The van der Waals surface area contributed by atoms with Gasteiger partial charge in [-0.3, -0.25) is 0 Å². The zero-order valence-corrected chi connectivity index (χ0v) is 31.8. The van der Waals surface area contributed by atoms with Crippen LogP contribution < -0.4 is 4.90 Å². The van der Waals surface area contributed by atoms with Gasteiger partial charge in [-0.2, -0.15) is 0 Å². The van der Waals surface area contributed by atoms with Crippen molar-refractivity contribution in [3.63, 3.8) is 0 Å². The van der Waals surface area contributed by atoms with Crippen LogP contribution in [0.1, 0.15) is 65.3 Å². The predicted octanol–water partition coefficient (Wildman–Crippen LogP) is 14.7. The van der Waals surface area contributed by atoms with E-state index < -0.39 is 0 Å². The zero-order chi connectivity index (χ0) is 37.3. The summed E-state index contributed by atoms with van der Waals surface area (Å²) in [5, 5.41) is 1.18. The Morgan fingerprint density at radius 2 is 1.18 bits per heavy atom. The Kier molecular flexibility index (Phi) is 7.78. The van der Waals surface area contributed by atoms with Gasteiger partial charge in [0.25, 0.3) is 0 Å². The number of aryl methyl sites for hydroxylation is 2. The van der Waals surface area contributed by atoms with Crippen molar-refractivity contribution in [2.45, 2.75) is 45.4 Å². The number of allylic oxidation sites excluding steroid dienone is 1. The van der Waals surface area contributed by atoms with Gasteiger partial charge in [-0.1, -0.05) is 135 Å². The second-order valence-corrected chi connectivity index (χ2v) is 15.8. The van der Waals surface area contributed by atoms with Crippen molar-refractivity contribution in [3.05, 3.63) is 203 Å². The van der Waals surface area contributed by atoms with Crippen LogP contribution in [0.25, 0.3) is 50.4 Å². The van der Waals surface area contributed by atoms with Gasteiger partial charge in [0.1, 0.15) is 11.3 Å². The fourth-order valence-electron chi connectivity index (χ4n) is 9.14. The summed E-state index contributed by atoms with van der Waals surface area (Å²) in [6, 6.07) is 58.0. The van der Waals surface area contributed by atoms with E-state index in [2.05, 4.69) is 196 Å². The first-order valence-corrected chi connectivity index (χ1v) is 19.4. The SMILES string of the molecule is Cc1ccccc1-c1cc(-c2ccc(N(c3ccc(C4CC=Cc5c4oc4ccccc54)cc3)c3ccc4c(c3)C(C)(C)c3ccccc3-4)cc2)ccc1C. The van der Waals surface area contributed by atoms with Crippen molar-refractivity contribution < 1.29 is 4.42 Å². The third-order valence-electron chi connectivity index (χ3n) is 12.1. The fraction of sp³-hybridized carbons (Fsp3) is 0.132. The maximum absolute atomic E-state index is 6.49. The van der Waals surface area contributed by atoms with Gasteiger partial charge in [0.2, 0.25) is 0 Å². The first kappa shape index (κ1) is 33.2. The summed E-state index contributed by atoms with van der Waals surface area (Å²) in [7, 11) is 0. The molecule has 8 aromatic rings. The van der Waals surface area contributed by atoms with Crippen molar-refractivity contribution in [1.29, 1.82) is 0 Å². The molecule has 10 rings (SSSR count). The Labute approximate surface area is 324 Å². The van der Waals surface area contributed by atoms with Gasteiger partial charge >= 0.3 is 0 Å². The summed E-state index contributed by atoms with van der Waals surface area (Å²) in [6.45, 7) is 9.10. The highest BCUT2D eigenvalue weighted by Gasteiger charge is 2.36. The Balaban J connectivity index is 1.05. The number of rotatable bonds is 6. The second-order valence-electron chi connectivity index (χ2n) is 15.8. The smallest absolute Gasteiger partial charge is 0.134 e. The van der Waals surface area contributed by atoms with Crippen LogP contribution in [-0.4, -0.2) is 0 Å². The van der Waals surface area contributed by atoms with Crippen LogP contribution in [0.5, 0.6) is 0 Å². The highest BCUT2D eigenvalue weighted by Crippen LogP contribution is 2.51. The van der Waals surface area contributed by atoms with Crippen molar-refractivity contribution in [2.75, 3.05) is 4.90 Å². The van der Waals surface area contributed by atoms with Gasteiger partial charge in [0.05, 0.1) is 0 Å². The number of anilines is 3. The van der Waals surface area contributed by atoms with E-state index in [1.807, 2.05) is 6.07 Å². The lowest BCUT2D eigenvalue weighted by Gasteiger charge is -2.29. The molecule has 0 fully saturated rings. The van der Waals surface area contributed by atoms with Gasteiger partial charge in [0, 0.05) is 39.3 Å². The van der Waals surface area contributed by atoms with Crippen molar-refractivity contribution >= 4 is 34.1 Å². The topological polar surface area (TPSA) is 16.4 Å². The molecule has 1 aromatic heterocycles. The van der Waals surface area contributed by atoms with E-state index in [-0.39, 0.29) is 11.3 Å². The highest BCUT2D eigenvalue weighted by atomic mass is 16.3. The van der Waals surface area contributed by atoms with Crippen LogP contribution >= 0.6 is 0 Å². The minimum absolute atomic E-state index is 0.0969. The summed E-state index contributed by atoms with van der Waals surface area (Å²) in [4.78, 5) is 2.41. The second kappa shape index (κ2) is 12.9. The number of fused-ring (bicyclic) bond motifs is 6. The van der Waals surface area contributed by atoms with Gasteiger partial charge in [-0.05, 0) is 130 Å². The number of furan rings is 1. The molecule has 7 aromatic carbocycles. The number of nitrogens with zero attached hydrogens (tertiary/aromatic N) is 1. The standard InChI is InChI=1S/C53H43NO/c1-34-12-5-6-13-42(34)48-32-38(21-20-35(48)2)36-22-26-39(27-23-36)54(41-30-31-45-44-14-7-9-18-49(44)53(3,4)50(45)33-41)40-28-24-37(25-29-40)43-16-11-17-47-46-15-8-10-19-51(46)55-52(43)47/h5-15,17-33,43H,16H2,1-4H3. The molecule has 1 atom stereocenters. The third-order valence-corrected chi connectivity index (χ3v) is 12.1. The number of benzene rings is 7. The van der Waals surface area contributed by atoms with E-state index in [0.717, 1.165) is 34.8 Å². The molecule has 1 unspecified atom stereocenters. The highest BCUT2D eigenvalue weighted by molar-refractivity contribution is 5.90. The van der Waals surface area contributed by atoms with E-state index in [9.17, 15) is 0 Å². The molecule has 2 aliphatic carbocycles. The lowest BCUT2D eigenvalue weighted by Crippen LogP contribution is -2.16. The molecule has 2 aliphatic rings. The summed E-state index contributed by atoms with van der Waals surface area (Å²) in [5.41, 5.74) is 19.7. The molecule has 55 heavy (non-hydrogen) atoms. The number of hydrogen-bond acceptors (Lipinski definition) is 2. The Morgan fingerprint density at radius 3 is 1.98 bits per heavy atom. The van der Waals surface area contributed by atoms with Crippen LogP contribution in [0.2, 0.25) is 0 Å². The van der Waals surface area contributed by atoms with Crippen molar-refractivity contribution in [2.24, 2.45) is 0 Å². The van der Waals surface area contributed by atoms with E-state index in [1.165, 1.54) is 72.1 Å². The first-order valence-electron chi connectivity index (χ1n) is 19.4. The molecule has 0 radical (unpaired) electrons. The van der Waals surface area contributed by atoms with E-state index in [0.29, 0.717) is 0 Å². The van der Waals surface area contributed by atoms with Gasteiger partial charge in [0.15, 0.2) is 0 Å². The number of hydrogen-bond donors (Lipinski definition) is 0. The molecule has 0 aliphatic heterocycles. The molecular weight excluding hydrogens is 667 g/mol. The number of para-hydroxylation sites is 1. The summed E-state index contributed by atoms with van der Waals surface area (Å²) < 4.78 is 6.49. The largest absolute Gasteiger partial charge is 0.460 e. The van der Waals surface area contributed by atoms with Gasteiger partial charge in [-0.15, -0.1) is 0 Å². The Bertz CT molecular complexity index is 2780. The molecule has 2 nitrogen and oxygen atoms in total. The van der Waals surface area contributed by atoms with Crippen LogP contribution in [0, 0.1) is 13.8 Å². The molecule has 0 N–H and O–H groups in total. The van der Waals surface area contributed by atoms with Crippen LogP contribution in [0.4, 0.5) is 17.1 Å². The Hall–Kier alpha value is -6.38. The Morgan fingerprint density at radius 1 is 0.545 bits per heavy atom. The van der Waals surface area contributed by atoms with E-state index in [1.54, 1.807) is 0 Å². The van der Waals surface area contributed by atoms with E-state index >= 15 is 0 Å². The maximum atomic E-state index is 6.49. The molecule has 0 saturated carbocycles. The van der Waals surface area contributed by atoms with Crippen LogP contribution in [0.3, 0.4) is 0 Å². The molecule has 0 saturated heterocycles. The summed E-state index contributed by atoms with van der Waals surface area (Å²) >= 11 is 0. The van der Waals surface area contributed by atoms with Crippen molar-refractivity contribution in [1.82, 2.24) is 0 Å². The van der Waals surface area contributed by atoms with Crippen molar-refractivity contribution in [3.8, 4) is 33.4 Å². The normalized spacial score (nSPS) is 15.1. The van der Waals surface area contributed by atoms with Gasteiger partial charge < -0.3 is 9.32 Å². The average Bonchev–Trinajstić information content (AvgIpc) is 3.71. The molecule has 1 heterocycles. The predicted molar refractivity (Wildman–Crippen MR) is 231 cm³/mol. The molecular formula is C53H43NO. The minimum atomic E-state index is -0.0969. The molecule has 2 heteroatoms. The minimum Gasteiger partial charge on any atom is -0.460 e. The molecule has 0 amide bonds. The quantitative estimate of drug-likeness (QED) is 0.171. The average molecular weight is 710 g/mol. The van der Waals surface area contributed by atoms with Crippen LogP contribution in [0.15, 0.2) is 168 Å². The first-order chi connectivity index (χ1) is 26.8. The summed E-state index contributed by atoms with van der Waals surface area (Å²) in [6.07, 6.45) is 5.44. The lowest BCUT2D eigenvalue weighted by molar-refractivity contribution is 0.517. The van der Waals surface area contributed by atoms with Gasteiger partial charge in [-0.25, -0.2) is 0 Å². The van der Waals surface area contributed by atoms with E-state index in [4.69, 9.17) is 4.42 Å². The van der Waals surface area contributed by atoms with Crippen LogP contribution in [-0.2, 0) is 5.41 Å². The lowest BCUT2D eigenvalue weighted by atomic mass is 9.82. The summed E-state index contributed by atoms with van der Waals surface area (Å²) in [5.74, 6) is 1.23. The monoisotopic (exact) mass is 709 g/mol. The molecule has 0 spiro atoms. The molecule has 266 valence electrons. The fourth-order valence-corrected chi connectivity index (χ4v) is 9.14. The third kappa shape index (κ3) is 5.47. The maximum Gasteiger partial charge on any atom is 0.134 e.